The number of ether oxygens (including phenoxy) is 2. The van der Waals surface area contributed by atoms with Crippen LogP contribution in [0.25, 0.3) is 0 Å². The average molecular weight is 290 g/mol. The molecule has 6 heteroatoms. The van der Waals surface area contributed by atoms with Crippen LogP contribution in [-0.4, -0.2) is 30.2 Å². The van der Waals surface area contributed by atoms with Crippen LogP contribution in [0.4, 0.5) is 4.79 Å². The van der Waals surface area contributed by atoms with Crippen LogP contribution in [0.15, 0.2) is 18.2 Å². The maximum absolute atomic E-state index is 12.6. The summed E-state index contributed by atoms with van der Waals surface area (Å²) >= 11 is 0. The SMILES string of the molecule is CC(C)CN1C(=O)N[C@](C)(c2ccc3c(c2)OCO3)C1=O. The van der Waals surface area contributed by atoms with Crippen molar-refractivity contribution in [3.05, 3.63) is 23.8 Å². The molecule has 0 radical (unpaired) electrons. The van der Waals surface area contributed by atoms with Gasteiger partial charge in [0.1, 0.15) is 5.54 Å². The zero-order valence-electron chi connectivity index (χ0n) is 12.3. The molecule has 0 aromatic heterocycles. The summed E-state index contributed by atoms with van der Waals surface area (Å²) in [6.07, 6.45) is 0. The number of nitrogens with one attached hydrogen (secondary N) is 1. The number of rotatable bonds is 3. The van der Waals surface area contributed by atoms with Crippen molar-refractivity contribution in [2.24, 2.45) is 5.92 Å². The Labute approximate surface area is 123 Å². The van der Waals surface area contributed by atoms with Crippen molar-refractivity contribution in [2.45, 2.75) is 26.3 Å². The number of urea groups is 1. The first-order chi connectivity index (χ1) is 9.91. The fourth-order valence-electron chi connectivity index (χ4n) is 2.63. The summed E-state index contributed by atoms with van der Waals surface area (Å²) in [7, 11) is 0. The van der Waals surface area contributed by atoms with Crippen molar-refractivity contribution in [1.29, 1.82) is 0 Å². The summed E-state index contributed by atoms with van der Waals surface area (Å²) in [5.74, 6) is 1.23. The third-order valence-corrected chi connectivity index (χ3v) is 3.77. The van der Waals surface area contributed by atoms with Gasteiger partial charge in [-0.15, -0.1) is 0 Å². The second-order valence-corrected chi connectivity index (χ2v) is 5.93. The second kappa shape index (κ2) is 4.65. The summed E-state index contributed by atoms with van der Waals surface area (Å²) in [4.78, 5) is 26.0. The van der Waals surface area contributed by atoms with Gasteiger partial charge in [0.2, 0.25) is 6.79 Å². The van der Waals surface area contributed by atoms with Gasteiger partial charge in [-0.1, -0.05) is 19.9 Å². The van der Waals surface area contributed by atoms with Gasteiger partial charge in [-0.3, -0.25) is 9.69 Å². The number of fused-ring (bicyclic) bond motifs is 1. The standard InChI is InChI=1S/C15H18N2O4/c1-9(2)7-17-13(18)15(3,16-14(17)19)10-4-5-11-12(6-10)21-8-20-11/h4-6,9H,7-8H2,1-3H3,(H,16,19)/t15-/m1/s1. The van der Waals surface area contributed by atoms with Crippen molar-refractivity contribution in [2.75, 3.05) is 13.3 Å². The molecule has 1 aromatic rings. The normalized spacial score (nSPS) is 23.9. The van der Waals surface area contributed by atoms with Crippen LogP contribution in [0.3, 0.4) is 0 Å². The van der Waals surface area contributed by atoms with Crippen LogP contribution in [0.2, 0.25) is 0 Å². The first-order valence-corrected chi connectivity index (χ1v) is 6.96. The van der Waals surface area contributed by atoms with Gasteiger partial charge in [0, 0.05) is 6.54 Å². The predicted octanol–water partition coefficient (Wildman–Crippen LogP) is 1.84. The molecule has 2 aliphatic heterocycles. The van der Waals surface area contributed by atoms with Crippen molar-refractivity contribution >= 4 is 11.9 Å². The minimum absolute atomic E-state index is 0.176. The van der Waals surface area contributed by atoms with Gasteiger partial charge in [0.25, 0.3) is 5.91 Å². The smallest absolute Gasteiger partial charge is 0.325 e. The molecule has 3 rings (SSSR count). The molecule has 1 atom stereocenters. The van der Waals surface area contributed by atoms with E-state index in [4.69, 9.17) is 9.47 Å². The van der Waals surface area contributed by atoms with Crippen LogP contribution < -0.4 is 14.8 Å². The van der Waals surface area contributed by atoms with Crippen LogP contribution in [0, 0.1) is 5.92 Å². The Morgan fingerprint density at radius 3 is 2.71 bits per heavy atom. The highest BCUT2D eigenvalue weighted by Crippen LogP contribution is 2.37. The van der Waals surface area contributed by atoms with Gasteiger partial charge < -0.3 is 14.8 Å². The fourth-order valence-corrected chi connectivity index (χ4v) is 2.63. The Balaban J connectivity index is 1.94. The van der Waals surface area contributed by atoms with Crippen molar-refractivity contribution < 1.29 is 19.1 Å². The summed E-state index contributed by atoms with van der Waals surface area (Å²) in [5, 5.41) is 2.78. The lowest BCUT2D eigenvalue weighted by Gasteiger charge is -2.23. The maximum atomic E-state index is 12.6. The first-order valence-electron chi connectivity index (χ1n) is 6.96. The van der Waals surface area contributed by atoms with Crippen molar-refractivity contribution in [1.82, 2.24) is 10.2 Å². The number of imide groups is 1. The average Bonchev–Trinajstić information content (AvgIpc) is 2.97. The second-order valence-electron chi connectivity index (χ2n) is 5.93. The summed E-state index contributed by atoms with van der Waals surface area (Å²) in [5.41, 5.74) is -0.371. The lowest BCUT2D eigenvalue weighted by molar-refractivity contribution is -0.131. The van der Waals surface area contributed by atoms with E-state index in [1.165, 1.54) is 4.90 Å². The molecule has 3 amide bonds. The topological polar surface area (TPSA) is 67.9 Å². The molecular weight excluding hydrogens is 272 g/mol. The summed E-state index contributed by atoms with van der Waals surface area (Å²) < 4.78 is 10.6. The van der Waals surface area contributed by atoms with E-state index in [1.54, 1.807) is 25.1 Å². The van der Waals surface area contributed by atoms with Gasteiger partial charge in [0.15, 0.2) is 11.5 Å². The maximum Gasteiger partial charge on any atom is 0.325 e. The van der Waals surface area contributed by atoms with Crippen LogP contribution in [-0.2, 0) is 10.3 Å². The zero-order valence-corrected chi connectivity index (χ0v) is 12.3. The number of carbonyl (C=O) groups is 2. The van der Waals surface area contributed by atoms with E-state index in [0.717, 1.165) is 0 Å². The molecule has 21 heavy (non-hydrogen) atoms. The molecule has 1 aromatic carbocycles. The molecule has 2 heterocycles. The van der Waals surface area contributed by atoms with Crippen LogP contribution in [0.5, 0.6) is 11.5 Å². The van der Waals surface area contributed by atoms with Gasteiger partial charge in [-0.05, 0) is 30.5 Å². The number of amides is 3. The van der Waals surface area contributed by atoms with E-state index in [9.17, 15) is 9.59 Å². The Morgan fingerprint density at radius 2 is 2.00 bits per heavy atom. The largest absolute Gasteiger partial charge is 0.454 e. The summed E-state index contributed by atoms with van der Waals surface area (Å²) in [6, 6.07) is 4.94. The molecule has 112 valence electrons. The quantitative estimate of drug-likeness (QED) is 0.862. The number of nitrogens with zero attached hydrogens (tertiary/aromatic N) is 1. The highest BCUT2D eigenvalue weighted by atomic mass is 16.7. The van der Waals surface area contributed by atoms with E-state index in [-0.39, 0.29) is 24.6 Å². The molecule has 0 aliphatic carbocycles. The number of benzene rings is 1. The predicted molar refractivity (Wildman–Crippen MR) is 75.0 cm³/mol. The minimum Gasteiger partial charge on any atom is -0.454 e. The molecule has 1 saturated heterocycles. The molecule has 0 bridgehead atoms. The monoisotopic (exact) mass is 290 g/mol. The molecule has 6 nitrogen and oxygen atoms in total. The van der Waals surface area contributed by atoms with E-state index in [1.807, 2.05) is 13.8 Å². The summed E-state index contributed by atoms with van der Waals surface area (Å²) in [6.45, 7) is 6.23. The molecular formula is C15H18N2O4. The molecule has 0 saturated carbocycles. The van der Waals surface area contributed by atoms with Crippen molar-refractivity contribution in [3.8, 4) is 11.5 Å². The highest BCUT2D eigenvalue weighted by molar-refractivity contribution is 6.07. The number of hydrogen-bond acceptors (Lipinski definition) is 4. The Morgan fingerprint density at radius 1 is 1.29 bits per heavy atom. The third-order valence-electron chi connectivity index (χ3n) is 3.77. The van der Waals surface area contributed by atoms with Gasteiger partial charge >= 0.3 is 6.03 Å². The fraction of sp³-hybridized carbons (Fsp3) is 0.467. The zero-order chi connectivity index (χ0) is 15.2. The first kappa shape index (κ1) is 13.7. The van der Waals surface area contributed by atoms with Crippen LogP contribution >= 0.6 is 0 Å². The molecule has 0 unspecified atom stereocenters. The number of hydrogen-bond donors (Lipinski definition) is 1. The molecule has 1 fully saturated rings. The minimum atomic E-state index is -1.06. The Bertz CT molecular complexity index is 614. The van der Waals surface area contributed by atoms with Gasteiger partial charge in [-0.25, -0.2) is 4.79 Å². The van der Waals surface area contributed by atoms with E-state index < -0.39 is 5.54 Å². The van der Waals surface area contributed by atoms with Gasteiger partial charge in [-0.2, -0.15) is 0 Å². The van der Waals surface area contributed by atoms with Gasteiger partial charge in [0.05, 0.1) is 0 Å². The molecule has 1 N–H and O–H groups in total. The lowest BCUT2D eigenvalue weighted by Crippen LogP contribution is -2.41. The molecule has 2 aliphatic rings. The molecule has 0 spiro atoms. The Kier molecular flexibility index (Phi) is 3.04. The lowest BCUT2D eigenvalue weighted by atomic mass is 9.91. The Hall–Kier alpha value is -2.24. The van der Waals surface area contributed by atoms with Crippen LogP contribution in [0.1, 0.15) is 26.3 Å². The number of carbonyl (C=O) groups excluding carboxylic acids is 2. The van der Waals surface area contributed by atoms with E-state index in [2.05, 4.69) is 5.32 Å². The van der Waals surface area contributed by atoms with E-state index in [0.29, 0.717) is 23.6 Å². The van der Waals surface area contributed by atoms with Crippen molar-refractivity contribution in [3.63, 3.8) is 0 Å². The third kappa shape index (κ3) is 2.11. The highest BCUT2D eigenvalue weighted by Gasteiger charge is 2.49. The van der Waals surface area contributed by atoms with E-state index >= 15 is 0 Å².